The molecule has 1 saturated heterocycles. The predicted molar refractivity (Wildman–Crippen MR) is 75.5 cm³/mol. The summed E-state index contributed by atoms with van der Waals surface area (Å²) >= 11 is 1.59. The summed E-state index contributed by atoms with van der Waals surface area (Å²) in [6.45, 7) is 4.04. The molecule has 0 saturated carbocycles. The first-order valence-electron chi connectivity index (χ1n) is 6.48. The topological polar surface area (TPSA) is 32.3 Å². The van der Waals surface area contributed by atoms with E-state index >= 15 is 0 Å². The Hall–Kier alpha value is -1.00. The molecule has 0 spiro atoms. The summed E-state index contributed by atoms with van der Waals surface area (Å²) in [4.78, 5) is 12.9. The van der Waals surface area contributed by atoms with Crippen LogP contribution in [0.2, 0.25) is 0 Å². The number of piperidine rings is 1. The fraction of sp³-hybridized carbons (Fsp3) is 0.500. The van der Waals surface area contributed by atoms with E-state index in [4.69, 9.17) is 0 Å². The van der Waals surface area contributed by atoms with Crippen molar-refractivity contribution in [2.45, 2.75) is 31.1 Å². The molecule has 1 amide bonds. The van der Waals surface area contributed by atoms with Crippen molar-refractivity contribution in [3.8, 4) is 0 Å². The summed E-state index contributed by atoms with van der Waals surface area (Å²) < 4.78 is 0. The summed E-state index contributed by atoms with van der Waals surface area (Å²) in [6, 6.07) is 8.28. The van der Waals surface area contributed by atoms with E-state index in [1.807, 2.05) is 5.01 Å². The van der Waals surface area contributed by atoms with Gasteiger partial charge in [-0.15, -0.1) is 11.8 Å². The number of nitrogens with one attached hydrogen (secondary N) is 1. The second kappa shape index (κ2) is 6.81. The van der Waals surface area contributed by atoms with Gasteiger partial charge in [0.05, 0.1) is 5.75 Å². The van der Waals surface area contributed by atoms with Crippen LogP contribution in [0.25, 0.3) is 0 Å². The molecule has 0 unspecified atom stereocenters. The Balaban J connectivity index is 1.72. The fourth-order valence-corrected chi connectivity index (χ4v) is 2.69. The van der Waals surface area contributed by atoms with Crippen LogP contribution in [0.15, 0.2) is 29.2 Å². The molecule has 2 rings (SSSR count). The quantitative estimate of drug-likeness (QED) is 0.848. The second-order valence-electron chi connectivity index (χ2n) is 4.68. The third-order valence-corrected chi connectivity index (χ3v) is 4.04. The van der Waals surface area contributed by atoms with Crippen molar-refractivity contribution >= 4 is 17.7 Å². The van der Waals surface area contributed by atoms with Gasteiger partial charge in [-0.05, 0) is 31.9 Å². The monoisotopic (exact) mass is 264 g/mol. The van der Waals surface area contributed by atoms with Gasteiger partial charge in [0.1, 0.15) is 0 Å². The Bertz CT molecular complexity index is 385. The van der Waals surface area contributed by atoms with Crippen molar-refractivity contribution in [3.05, 3.63) is 29.8 Å². The molecule has 1 aliphatic heterocycles. The van der Waals surface area contributed by atoms with E-state index in [1.165, 1.54) is 24.8 Å². The zero-order valence-electron chi connectivity index (χ0n) is 10.8. The maximum absolute atomic E-state index is 11.8. The summed E-state index contributed by atoms with van der Waals surface area (Å²) in [5, 5.41) is 2.04. The molecule has 1 heterocycles. The van der Waals surface area contributed by atoms with Gasteiger partial charge in [-0.1, -0.05) is 24.1 Å². The number of rotatable bonds is 4. The molecule has 1 fully saturated rings. The number of thioether (sulfide) groups is 1. The Morgan fingerprint density at radius 3 is 2.56 bits per heavy atom. The van der Waals surface area contributed by atoms with E-state index < -0.39 is 0 Å². The van der Waals surface area contributed by atoms with Gasteiger partial charge in [0.15, 0.2) is 0 Å². The highest BCUT2D eigenvalue weighted by Gasteiger charge is 2.12. The highest BCUT2D eigenvalue weighted by Crippen LogP contribution is 2.17. The Kier molecular flexibility index (Phi) is 5.08. The molecular formula is C14H20N2OS. The average Bonchev–Trinajstić information content (AvgIpc) is 2.39. The minimum Gasteiger partial charge on any atom is -0.288 e. The van der Waals surface area contributed by atoms with Crippen molar-refractivity contribution in [2.75, 3.05) is 18.8 Å². The zero-order chi connectivity index (χ0) is 12.8. The summed E-state index contributed by atoms with van der Waals surface area (Å²) in [5.74, 6) is 0.585. The SMILES string of the molecule is Cc1ccc(SCC(=O)NN2CCCCC2)cc1. The van der Waals surface area contributed by atoms with Crippen molar-refractivity contribution in [1.82, 2.24) is 10.4 Å². The van der Waals surface area contributed by atoms with Gasteiger partial charge in [-0.2, -0.15) is 0 Å². The molecule has 1 N–H and O–H groups in total. The average molecular weight is 264 g/mol. The van der Waals surface area contributed by atoms with Gasteiger partial charge >= 0.3 is 0 Å². The molecular weight excluding hydrogens is 244 g/mol. The summed E-state index contributed by atoms with van der Waals surface area (Å²) in [7, 11) is 0. The number of carbonyl (C=O) groups is 1. The minimum absolute atomic E-state index is 0.0995. The first kappa shape index (κ1) is 13.4. The van der Waals surface area contributed by atoms with Gasteiger partial charge in [-0.25, -0.2) is 5.01 Å². The molecule has 0 atom stereocenters. The molecule has 1 aromatic carbocycles. The smallest absolute Gasteiger partial charge is 0.244 e. The number of aryl methyl sites for hydroxylation is 1. The lowest BCUT2D eigenvalue weighted by atomic mass is 10.2. The molecule has 0 aromatic heterocycles. The van der Waals surface area contributed by atoms with E-state index in [9.17, 15) is 4.79 Å². The highest BCUT2D eigenvalue weighted by atomic mass is 32.2. The Morgan fingerprint density at radius 1 is 1.22 bits per heavy atom. The van der Waals surface area contributed by atoms with Gasteiger partial charge in [-0.3, -0.25) is 10.2 Å². The molecule has 1 aliphatic rings. The number of benzene rings is 1. The maximum atomic E-state index is 11.8. The van der Waals surface area contributed by atoms with E-state index in [1.54, 1.807) is 11.8 Å². The lowest BCUT2D eigenvalue weighted by Gasteiger charge is -2.26. The van der Waals surface area contributed by atoms with Crippen LogP contribution < -0.4 is 5.43 Å². The van der Waals surface area contributed by atoms with Crippen molar-refractivity contribution in [1.29, 1.82) is 0 Å². The van der Waals surface area contributed by atoms with Gasteiger partial charge in [0, 0.05) is 18.0 Å². The van der Waals surface area contributed by atoms with Crippen LogP contribution >= 0.6 is 11.8 Å². The van der Waals surface area contributed by atoms with Gasteiger partial charge in [0.25, 0.3) is 0 Å². The molecule has 18 heavy (non-hydrogen) atoms. The predicted octanol–water partition coefficient (Wildman–Crippen LogP) is 2.60. The first-order valence-corrected chi connectivity index (χ1v) is 7.46. The van der Waals surface area contributed by atoms with Crippen LogP contribution in [-0.2, 0) is 4.79 Å². The largest absolute Gasteiger partial charge is 0.288 e. The van der Waals surface area contributed by atoms with Crippen LogP contribution in [0.1, 0.15) is 24.8 Å². The van der Waals surface area contributed by atoms with Gasteiger partial charge < -0.3 is 0 Å². The van der Waals surface area contributed by atoms with Crippen molar-refractivity contribution in [3.63, 3.8) is 0 Å². The number of nitrogens with zero attached hydrogens (tertiary/aromatic N) is 1. The molecule has 4 heteroatoms. The van der Waals surface area contributed by atoms with E-state index in [2.05, 4.69) is 36.6 Å². The summed E-state index contributed by atoms with van der Waals surface area (Å²) in [6.07, 6.45) is 3.65. The van der Waals surface area contributed by atoms with Crippen molar-refractivity contribution < 1.29 is 4.79 Å². The van der Waals surface area contributed by atoms with Crippen LogP contribution in [0, 0.1) is 6.92 Å². The first-order chi connectivity index (χ1) is 8.74. The van der Waals surface area contributed by atoms with E-state index in [0.717, 1.165) is 18.0 Å². The normalized spacial score (nSPS) is 16.5. The number of hydrogen-bond acceptors (Lipinski definition) is 3. The van der Waals surface area contributed by atoms with Crippen LogP contribution in [-0.4, -0.2) is 29.8 Å². The maximum Gasteiger partial charge on any atom is 0.244 e. The Morgan fingerprint density at radius 2 is 1.89 bits per heavy atom. The molecule has 98 valence electrons. The fourth-order valence-electron chi connectivity index (χ4n) is 2.00. The van der Waals surface area contributed by atoms with Gasteiger partial charge in [0.2, 0.25) is 5.91 Å². The summed E-state index contributed by atoms with van der Waals surface area (Å²) in [5.41, 5.74) is 4.22. The third kappa shape index (κ3) is 4.35. The Labute approximate surface area is 113 Å². The molecule has 0 radical (unpaired) electrons. The number of hydrogen-bond donors (Lipinski definition) is 1. The number of hydrazine groups is 1. The van der Waals surface area contributed by atoms with E-state index in [0.29, 0.717) is 5.75 Å². The second-order valence-corrected chi connectivity index (χ2v) is 5.73. The van der Waals surface area contributed by atoms with Crippen LogP contribution in [0.4, 0.5) is 0 Å². The molecule has 3 nitrogen and oxygen atoms in total. The lowest BCUT2D eigenvalue weighted by molar-refractivity contribution is -0.123. The lowest BCUT2D eigenvalue weighted by Crippen LogP contribution is -2.45. The molecule has 1 aromatic rings. The third-order valence-electron chi connectivity index (χ3n) is 3.03. The molecule has 0 aliphatic carbocycles. The van der Waals surface area contributed by atoms with Crippen molar-refractivity contribution in [2.24, 2.45) is 0 Å². The zero-order valence-corrected chi connectivity index (χ0v) is 11.6. The standard InChI is InChI=1S/C14H20N2OS/c1-12-5-7-13(8-6-12)18-11-14(17)15-16-9-3-2-4-10-16/h5-8H,2-4,9-11H2,1H3,(H,15,17). The number of amides is 1. The number of carbonyl (C=O) groups excluding carboxylic acids is 1. The highest BCUT2D eigenvalue weighted by molar-refractivity contribution is 8.00. The minimum atomic E-state index is 0.0995. The van der Waals surface area contributed by atoms with E-state index in [-0.39, 0.29) is 5.91 Å². The van der Waals surface area contributed by atoms with Crippen LogP contribution in [0.5, 0.6) is 0 Å². The molecule has 0 bridgehead atoms. The van der Waals surface area contributed by atoms with Crippen LogP contribution in [0.3, 0.4) is 0 Å².